The zero-order valence-electron chi connectivity index (χ0n) is 17.3. The molecule has 0 aromatic heterocycles. The van der Waals surface area contributed by atoms with Crippen molar-refractivity contribution in [2.24, 2.45) is 34.5 Å². The van der Waals surface area contributed by atoms with Gasteiger partial charge in [0.15, 0.2) is 5.78 Å². The quantitative estimate of drug-likeness (QED) is 0.321. The molecule has 4 rings (SSSR count). The Labute approximate surface area is 168 Å². The average Bonchev–Trinajstić information content (AvgIpc) is 2.92. The van der Waals surface area contributed by atoms with E-state index < -0.39 is 5.60 Å². The van der Waals surface area contributed by atoms with Crippen LogP contribution in [-0.2, 0) is 14.3 Å². The predicted molar refractivity (Wildman–Crippen MR) is 106 cm³/mol. The molecule has 152 valence electrons. The molecule has 4 nitrogen and oxygen atoms in total. The van der Waals surface area contributed by atoms with Crippen molar-refractivity contribution in [3.63, 3.8) is 0 Å². The Bertz CT molecular complexity index is 776. The van der Waals surface area contributed by atoms with Gasteiger partial charge in [-0.1, -0.05) is 19.8 Å². The minimum atomic E-state index is -0.983. The summed E-state index contributed by atoms with van der Waals surface area (Å²) in [4.78, 5) is 23.8. The molecular formula is C24H32O4. The number of fused-ring (bicyclic) bond motifs is 5. The molecule has 0 heterocycles. The molecule has 0 aromatic rings. The average molecular weight is 385 g/mol. The van der Waals surface area contributed by atoms with Crippen LogP contribution in [-0.4, -0.2) is 22.5 Å². The second kappa shape index (κ2) is 6.46. The smallest absolute Gasteiger partial charge is 0.307 e. The Hall–Kier alpha value is -1.60. The minimum absolute atomic E-state index is 0.0426. The fraction of sp³-hybridized carbons (Fsp3) is 0.750. The fourth-order valence-electron chi connectivity index (χ4n) is 7.52. The van der Waals surface area contributed by atoms with E-state index in [4.69, 9.17) is 11.2 Å². The molecule has 7 atom stereocenters. The normalized spacial score (nSPS) is 49.0. The van der Waals surface area contributed by atoms with Gasteiger partial charge in [-0.25, -0.2) is 0 Å². The molecule has 0 aliphatic heterocycles. The molecule has 0 unspecified atom stereocenters. The Balaban J connectivity index is 1.63. The van der Waals surface area contributed by atoms with Crippen molar-refractivity contribution in [3.8, 4) is 12.3 Å². The molecule has 0 spiro atoms. The van der Waals surface area contributed by atoms with Crippen molar-refractivity contribution in [1.29, 1.82) is 0 Å². The Morgan fingerprint density at radius 3 is 2.61 bits per heavy atom. The molecular weight excluding hydrogens is 352 g/mol. The Kier molecular flexibility index (Phi) is 4.54. The minimum Gasteiger partial charge on any atom is -0.434 e. The van der Waals surface area contributed by atoms with Crippen LogP contribution in [0.3, 0.4) is 0 Å². The summed E-state index contributed by atoms with van der Waals surface area (Å²) in [5, 5.41) is 11.1. The Morgan fingerprint density at radius 2 is 1.93 bits per heavy atom. The number of Topliss-reactive ketones (excluding diaryl/α,β-unsaturated/α-hetero) is 1. The van der Waals surface area contributed by atoms with E-state index in [1.165, 1.54) is 13.2 Å². The van der Waals surface area contributed by atoms with Gasteiger partial charge in [-0.3, -0.25) is 9.59 Å². The molecule has 4 heteroatoms. The summed E-state index contributed by atoms with van der Waals surface area (Å²) in [5.74, 6) is 4.39. The van der Waals surface area contributed by atoms with Crippen molar-refractivity contribution in [2.45, 2.75) is 77.7 Å². The molecule has 4 fully saturated rings. The molecule has 0 saturated heterocycles. The molecule has 1 N–H and O–H groups in total. The lowest BCUT2D eigenvalue weighted by Gasteiger charge is -2.60. The lowest BCUT2D eigenvalue weighted by atomic mass is 9.44. The van der Waals surface area contributed by atoms with E-state index in [2.05, 4.69) is 19.8 Å². The molecule has 4 aliphatic carbocycles. The largest absolute Gasteiger partial charge is 0.434 e. The maximum absolute atomic E-state index is 12.6. The van der Waals surface area contributed by atoms with Crippen molar-refractivity contribution < 1.29 is 19.4 Å². The molecule has 0 aromatic carbocycles. The third kappa shape index (κ3) is 2.62. The third-order valence-electron chi connectivity index (χ3n) is 9.18. The van der Waals surface area contributed by atoms with Crippen LogP contribution in [0.25, 0.3) is 0 Å². The lowest BCUT2D eigenvalue weighted by molar-refractivity contribution is -0.141. The molecule has 4 aliphatic rings. The maximum atomic E-state index is 12.6. The lowest BCUT2D eigenvalue weighted by Crippen LogP contribution is -2.56. The predicted octanol–water partition coefficient (Wildman–Crippen LogP) is 4.02. The van der Waals surface area contributed by atoms with E-state index in [0.717, 1.165) is 32.1 Å². The summed E-state index contributed by atoms with van der Waals surface area (Å²) >= 11 is 0. The van der Waals surface area contributed by atoms with Gasteiger partial charge in [0.2, 0.25) is 0 Å². The van der Waals surface area contributed by atoms with E-state index in [0.29, 0.717) is 48.5 Å². The Morgan fingerprint density at radius 1 is 1.21 bits per heavy atom. The van der Waals surface area contributed by atoms with Crippen molar-refractivity contribution in [3.05, 3.63) is 11.8 Å². The highest BCUT2D eigenvalue weighted by Crippen LogP contribution is 2.68. The highest BCUT2D eigenvalue weighted by Gasteiger charge is 2.64. The van der Waals surface area contributed by atoms with Crippen LogP contribution < -0.4 is 0 Å². The van der Waals surface area contributed by atoms with Gasteiger partial charge in [-0.15, -0.1) is 6.42 Å². The number of ether oxygens (including phenoxy) is 1. The number of carbonyl (C=O) groups excluding carboxylic acids is 2. The van der Waals surface area contributed by atoms with Gasteiger partial charge in [-0.05, 0) is 74.0 Å². The molecule has 28 heavy (non-hydrogen) atoms. The fourth-order valence-corrected chi connectivity index (χ4v) is 7.52. The number of rotatable bonds is 1. The van der Waals surface area contributed by atoms with Gasteiger partial charge in [0.1, 0.15) is 11.9 Å². The summed E-state index contributed by atoms with van der Waals surface area (Å²) in [6.07, 6.45) is 14.3. The van der Waals surface area contributed by atoms with Gasteiger partial charge in [-0.2, -0.15) is 0 Å². The highest BCUT2D eigenvalue weighted by atomic mass is 16.5. The zero-order chi connectivity index (χ0) is 20.3. The number of allylic oxidation sites excluding steroid dienone is 1. The molecule has 0 bridgehead atoms. The van der Waals surface area contributed by atoms with Crippen LogP contribution in [0, 0.1) is 46.8 Å². The van der Waals surface area contributed by atoms with Crippen LogP contribution in [0.4, 0.5) is 0 Å². The SMILES string of the molecule is C#C[C@]1(O)CC[C@H]2[C@@H]3CC[C@H]4CC(=O)/C(=C/OC(C)=O)C[C@]4(C)[C@H]3CC[C@@]21C. The number of esters is 1. The van der Waals surface area contributed by atoms with Gasteiger partial charge in [0, 0.05) is 24.3 Å². The van der Waals surface area contributed by atoms with Crippen LogP contribution >= 0.6 is 0 Å². The first-order valence-electron chi connectivity index (χ1n) is 10.7. The summed E-state index contributed by atoms with van der Waals surface area (Å²) in [5.41, 5.74) is -0.480. The first-order valence-corrected chi connectivity index (χ1v) is 10.7. The van der Waals surface area contributed by atoms with E-state index in [1.54, 1.807) is 0 Å². The molecule has 0 radical (unpaired) electrons. The van der Waals surface area contributed by atoms with Crippen LogP contribution in [0.2, 0.25) is 0 Å². The van der Waals surface area contributed by atoms with E-state index in [-0.39, 0.29) is 22.6 Å². The van der Waals surface area contributed by atoms with Crippen LogP contribution in [0.1, 0.15) is 72.1 Å². The summed E-state index contributed by atoms with van der Waals surface area (Å²) in [7, 11) is 0. The van der Waals surface area contributed by atoms with E-state index in [9.17, 15) is 14.7 Å². The van der Waals surface area contributed by atoms with Crippen LogP contribution in [0.15, 0.2) is 11.8 Å². The highest BCUT2D eigenvalue weighted by molar-refractivity contribution is 5.96. The summed E-state index contributed by atoms with van der Waals surface area (Å²) in [6, 6.07) is 0. The second-order valence-electron chi connectivity index (χ2n) is 10.2. The van der Waals surface area contributed by atoms with Crippen molar-refractivity contribution >= 4 is 11.8 Å². The van der Waals surface area contributed by atoms with Crippen molar-refractivity contribution in [1.82, 2.24) is 0 Å². The number of ketones is 1. The van der Waals surface area contributed by atoms with E-state index in [1.807, 2.05) is 0 Å². The number of hydrogen-bond acceptors (Lipinski definition) is 4. The van der Waals surface area contributed by atoms with Gasteiger partial charge < -0.3 is 9.84 Å². The number of hydrogen-bond donors (Lipinski definition) is 1. The number of terminal acetylenes is 1. The first kappa shape index (κ1) is 19.7. The molecule has 0 amide bonds. The summed E-state index contributed by atoms with van der Waals surface area (Å²) in [6.45, 7) is 5.90. The second-order valence-corrected chi connectivity index (χ2v) is 10.2. The number of carbonyl (C=O) groups is 2. The van der Waals surface area contributed by atoms with Gasteiger partial charge in [0.25, 0.3) is 0 Å². The van der Waals surface area contributed by atoms with Crippen LogP contribution in [0.5, 0.6) is 0 Å². The van der Waals surface area contributed by atoms with Gasteiger partial charge >= 0.3 is 5.97 Å². The van der Waals surface area contributed by atoms with E-state index >= 15 is 0 Å². The zero-order valence-corrected chi connectivity index (χ0v) is 17.3. The first-order chi connectivity index (χ1) is 13.1. The number of aliphatic hydroxyl groups is 1. The van der Waals surface area contributed by atoms with Crippen molar-refractivity contribution in [2.75, 3.05) is 0 Å². The third-order valence-corrected chi connectivity index (χ3v) is 9.18. The standard InChI is InChI=1S/C24H32O4/c1-5-24(27)11-9-20-18-7-6-17-12-21(26)16(14-28-15(2)25)13-22(17,3)19(18)8-10-23(20,24)4/h1,14,17-20,27H,6-13H2,2-4H3/b16-14+/t17-,18+,19-,20-,22-,23-,24-/m0/s1. The summed E-state index contributed by atoms with van der Waals surface area (Å²) < 4.78 is 5.06. The monoisotopic (exact) mass is 384 g/mol. The molecule has 4 saturated carbocycles. The topological polar surface area (TPSA) is 63.6 Å². The maximum Gasteiger partial charge on any atom is 0.307 e. The van der Waals surface area contributed by atoms with Gasteiger partial charge in [0.05, 0.1) is 0 Å².